The maximum absolute atomic E-state index is 12.5. The smallest absolute Gasteiger partial charge is 0.237 e. The summed E-state index contributed by atoms with van der Waals surface area (Å²) >= 11 is 4.71. The fourth-order valence-electron chi connectivity index (χ4n) is 2.29. The van der Waals surface area contributed by atoms with E-state index in [0.29, 0.717) is 5.16 Å². The van der Waals surface area contributed by atoms with Crippen molar-refractivity contribution in [1.82, 2.24) is 20.2 Å². The van der Waals surface area contributed by atoms with Crippen molar-refractivity contribution in [3.8, 4) is 5.69 Å². The van der Waals surface area contributed by atoms with Crippen LogP contribution in [0.25, 0.3) is 5.69 Å². The molecule has 0 fully saturated rings. The number of tetrazole rings is 1. The maximum atomic E-state index is 12.5. The van der Waals surface area contributed by atoms with Crippen LogP contribution in [0.4, 0.5) is 5.69 Å². The van der Waals surface area contributed by atoms with E-state index in [2.05, 4.69) is 43.7 Å². The third kappa shape index (κ3) is 4.31. The highest BCUT2D eigenvalue weighted by atomic mass is 79.9. The summed E-state index contributed by atoms with van der Waals surface area (Å²) in [6, 6.07) is 13.5. The largest absolute Gasteiger partial charge is 0.325 e. The molecule has 1 heterocycles. The van der Waals surface area contributed by atoms with Gasteiger partial charge in [-0.2, -0.15) is 4.68 Å². The Morgan fingerprint density at radius 3 is 2.73 bits per heavy atom. The normalized spacial score (nSPS) is 12.0. The number of anilines is 1. The van der Waals surface area contributed by atoms with Crippen LogP contribution in [0.5, 0.6) is 0 Å². The summed E-state index contributed by atoms with van der Waals surface area (Å²) in [5.41, 5.74) is 3.98. The van der Waals surface area contributed by atoms with Gasteiger partial charge in [-0.1, -0.05) is 39.8 Å². The molecule has 2 aromatic carbocycles. The molecule has 0 saturated carbocycles. The fourth-order valence-corrected chi connectivity index (χ4v) is 3.50. The number of nitrogens with one attached hydrogen (secondary N) is 1. The molecular weight excluding hydrogens is 414 g/mol. The number of nitrogens with zero attached hydrogens (tertiary/aromatic N) is 4. The summed E-state index contributed by atoms with van der Waals surface area (Å²) in [6.45, 7) is 5.93. The summed E-state index contributed by atoms with van der Waals surface area (Å²) in [5.74, 6) is -0.109. The molecule has 0 radical (unpaired) electrons. The third-order valence-corrected chi connectivity index (χ3v) is 5.45. The van der Waals surface area contributed by atoms with Crippen LogP contribution in [0.1, 0.15) is 18.1 Å². The second-order valence-electron chi connectivity index (χ2n) is 5.90. The molecule has 6 nitrogen and oxygen atoms in total. The monoisotopic (exact) mass is 431 g/mol. The van der Waals surface area contributed by atoms with Crippen molar-refractivity contribution in [3.05, 3.63) is 58.1 Å². The van der Waals surface area contributed by atoms with Gasteiger partial charge < -0.3 is 5.32 Å². The summed E-state index contributed by atoms with van der Waals surface area (Å²) in [4.78, 5) is 12.5. The molecule has 8 heteroatoms. The molecule has 3 aromatic rings. The molecule has 1 unspecified atom stereocenters. The zero-order chi connectivity index (χ0) is 18.7. The van der Waals surface area contributed by atoms with Gasteiger partial charge in [-0.3, -0.25) is 4.79 Å². The lowest BCUT2D eigenvalue weighted by atomic mass is 10.1. The minimum atomic E-state index is -0.356. The zero-order valence-corrected chi connectivity index (χ0v) is 17.0. The molecule has 0 aliphatic rings. The number of aromatic nitrogens is 4. The molecule has 1 atom stereocenters. The maximum Gasteiger partial charge on any atom is 0.237 e. The number of amides is 1. The molecule has 0 saturated heterocycles. The lowest BCUT2D eigenvalue weighted by Gasteiger charge is -2.12. The number of hydrogen-bond acceptors (Lipinski definition) is 5. The first-order valence-corrected chi connectivity index (χ1v) is 9.70. The summed E-state index contributed by atoms with van der Waals surface area (Å²) in [7, 11) is 0. The van der Waals surface area contributed by atoms with Crippen molar-refractivity contribution in [2.75, 3.05) is 5.32 Å². The SMILES string of the molecule is Cc1ccc(-n2nnnc2SC(C)C(=O)Nc2cccc(Br)c2)cc1C. The summed E-state index contributed by atoms with van der Waals surface area (Å²) in [5, 5.41) is 15.0. The first kappa shape index (κ1) is 18.6. The van der Waals surface area contributed by atoms with Crippen molar-refractivity contribution >= 4 is 39.3 Å². The minimum absolute atomic E-state index is 0.109. The topological polar surface area (TPSA) is 72.7 Å². The Morgan fingerprint density at radius 2 is 2.00 bits per heavy atom. The molecule has 3 rings (SSSR count). The molecule has 1 aromatic heterocycles. The fraction of sp³-hybridized carbons (Fsp3) is 0.222. The first-order valence-electron chi connectivity index (χ1n) is 8.03. The predicted octanol–water partition coefficient (Wildman–Crippen LogP) is 4.16. The minimum Gasteiger partial charge on any atom is -0.325 e. The number of thioether (sulfide) groups is 1. The van der Waals surface area contributed by atoms with Gasteiger partial charge >= 0.3 is 0 Å². The molecule has 0 aliphatic heterocycles. The number of halogens is 1. The highest BCUT2D eigenvalue weighted by Gasteiger charge is 2.19. The van der Waals surface area contributed by atoms with Gasteiger partial charge in [0.05, 0.1) is 10.9 Å². The van der Waals surface area contributed by atoms with E-state index in [4.69, 9.17) is 0 Å². The van der Waals surface area contributed by atoms with Crippen LogP contribution in [0.15, 0.2) is 52.1 Å². The van der Waals surface area contributed by atoms with Crippen molar-refractivity contribution in [2.45, 2.75) is 31.2 Å². The third-order valence-electron chi connectivity index (χ3n) is 3.92. The van der Waals surface area contributed by atoms with Gasteiger partial charge in [0.1, 0.15) is 0 Å². The van der Waals surface area contributed by atoms with Crippen LogP contribution < -0.4 is 5.32 Å². The highest BCUT2D eigenvalue weighted by Crippen LogP contribution is 2.25. The molecule has 26 heavy (non-hydrogen) atoms. The average Bonchev–Trinajstić information content (AvgIpc) is 3.05. The van der Waals surface area contributed by atoms with Crippen molar-refractivity contribution in [1.29, 1.82) is 0 Å². The Labute approximate surface area is 164 Å². The standard InChI is InChI=1S/C18H18BrN5OS/c1-11-7-8-16(9-12(11)2)24-18(21-22-23-24)26-13(3)17(25)20-15-6-4-5-14(19)10-15/h4-10,13H,1-3H3,(H,20,25). The predicted molar refractivity (Wildman–Crippen MR) is 107 cm³/mol. The number of aryl methyl sites for hydroxylation is 2. The van der Waals surface area contributed by atoms with Crippen LogP contribution in [0, 0.1) is 13.8 Å². The summed E-state index contributed by atoms with van der Waals surface area (Å²) < 4.78 is 2.56. The lowest BCUT2D eigenvalue weighted by Crippen LogP contribution is -2.22. The van der Waals surface area contributed by atoms with E-state index in [1.54, 1.807) is 4.68 Å². The van der Waals surface area contributed by atoms with Gasteiger partial charge in [-0.25, -0.2) is 0 Å². The van der Waals surface area contributed by atoms with Gasteiger partial charge in [-0.15, -0.1) is 5.10 Å². The van der Waals surface area contributed by atoms with Crippen LogP contribution in [-0.2, 0) is 4.79 Å². The van der Waals surface area contributed by atoms with Crippen molar-refractivity contribution in [3.63, 3.8) is 0 Å². The van der Waals surface area contributed by atoms with Gasteiger partial charge in [0.15, 0.2) is 0 Å². The second kappa shape index (κ2) is 8.01. The highest BCUT2D eigenvalue weighted by molar-refractivity contribution is 9.10. The van der Waals surface area contributed by atoms with Gasteiger partial charge in [0.2, 0.25) is 11.1 Å². The Balaban J connectivity index is 1.74. The van der Waals surface area contributed by atoms with E-state index < -0.39 is 0 Å². The molecular formula is C18H18BrN5OS. The average molecular weight is 432 g/mol. The molecule has 0 aliphatic carbocycles. The quantitative estimate of drug-likeness (QED) is 0.613. The number of carbonyl (C=O) groups excluding carboxylic acids is 1. The van der Waals surface area contributed by atoms with Gasteiger partial charge in [-0.05, 0) is 72.7 Å². The van der Waals surface area contributed by atoms with E-state index in [-0.39, 0.29) is 11.2 Å². The molecule has 134 valence electrons. The van der Waals surface area contributed by atoms with Crippen LogP contribution >= 0.6 is 27.7 Å². The second-order valence-corrected chi connectivity index (χ2v) is 8.13. The Hall–Kier alpha value is -2.19. The Bertz CT molecular complexity index is 943. The Kier molecular flexibility index (Phi) is 5.73. The summed E-state index contributed by atoms with van der Waals surface area (Å²) in [6.07, 6.45) is 0. The van der Waals surface area contributed by atoms with Crippen LogP contribution in [0.2, 0.25) is 0 Å². The molecule has 0 bridgehead atoms. The van der Waals surface area contributed by atoms with Crippen molar-refractivity contribution < 1.29 is 4.79 Å². The van der Waals surface area contributed by atoms with Crippen LogP contribution in [-0.4, -0.2) is 31.4 Å². The van der Waals surface area contributed by atoms with E-state index >= 15 is 0 Å². The van der Waals surface area contributed by atoms with Crippen LogP contribution in [0.3, 0.4) is 0 Å². The first-order chi connectivity index (χ1) is 12.4. The molecule has 1 N–H and O–H groups in total. The number of carbonyl (C=O) groups is 1. The van der Waals surface area contributed by atoms with E-state index in [1.807, 2.05) is 56.3 Å². The van der Waals surface area contributed by atoms with Crippen molar-refractivity contribution in [2.24, 2.45) is 0 Å². The number of rotatable bonds is 5. The van der Waals surface area contributed by atoms with E-state index in [9.17, 15) is 4.79 Å². The van der Waals surface area contributed by atoms with E-state index in [1.165, 1.54) is 17.3 Å². The zero-order valence-electron chi connectivity index (χ0n) is 14.6. The Morgan fingerprint density at radius 1 is 1.19 bits per heavy atom. The van der Waals surface area contributed by atoms with Gasteiger partial charge in [0, 0.05) is 10.2 Å². The molecule has 1 amide bonds. The number of hydrogen-bond donors (Lipinski definition) is 1. The van der Waals surface area contributed by atoms with Gasteiger partial charge in [0.25, 0.3) is 0 Å². The number of benzene rings is 2. The lowest BCUT2D eigenvalue weighted by molar-refractivity contribution is -0.115. The van der Waals surface area contributed by atoms with E-state index in [0.717, 1.165) is 21.4 Å². The molecule has 0 spiro atoms.